The SMILES string of the molecule is COc1ccc(Nc2ncc(C(=O)N3CCOCC3)c3c2ccn3C)c(C)c1.Cl. The molecule has 2 aromatic heterocycles. The van der Waals surface area contributed by atoms with Crippen molar-refractivity contribution in [2.24, 2.45) is 7.05 Å². The van der Waals surface area contributed by atoms with Gasteiger partial charge in [0.25, 0.3) is 5.91 Å². The Morgan fingerprint density at radius 2 is 2.00 bits per heavy atom. The number of halogens is 1. The number of fused-ring (bicyclic) bond motifs is 1. The maximum atomic E-state index is 13.0. The van der Waals surface area contributed by atoms with E-state index in [1.807, 2.05) is 53.9 Å². The van der Waals surface area contributed by atoms with Gasteiger partial charge in [0.15, 0.2) is 0 Å². The number of nitrogens with zero attached hydrogens (tertiary/aromatic N) is 3. The lowest BCUT2D eigenvalue weighted by Crippen LogP contribution is -2.40. The highest BCUT2D eigenvalue weighted by atomic mass is 35.5. The average molecular weight is 417 g/mol. The van der Waals surface area contributed by atoms with E-state index in [1.165, 1.54) is 0 Å². The highest BCUT2D eigenvalue weighted by molar-refractivity contribution is 6.08. The van der Waals surface area contributed by atoms with Crippen LogP contribution in [0.4, 0.5) is 11.5 Å². The lowest BCUT2D eigenvalue weighted by molar-refractivity contribution is 0.0303. The number of anilines is 2. The molecule has 0 atom stereocenters. The first-order valence-electron chi connectivity index (χ1n) is 9.31. The first-order valence-corrected chi connectivity index (χ1v) is 9.31. The molecule has 7 nitrogen and oxygen atoms in total. The zero-order valence-electron chi connectivity index (χ0n) is 16.8. The highest BCUT2D eigenvalue weighted by Gasteiger charge is 2.23. The zero-order chi connectivity index (χ0) is 19.7. The fourth-order valence-electron chi connectivity index (χ4n) is 3.54. The Hall–Kier alpha value is -2.77. The van der Waals surface area contributed by atoms with Crippen LogP contribution in [0.15, 0.2) is 36.7 Å². The number of methoxy groups -OCH3 is 1. The van der Waals surface area contributed by atoms with Crippen LogP contribution in [-0.4, -0.2) is 53.8 Å². The minimum atomic E-state index is -0.00484. The summed E-state index contributed by atoms with van der Waals surface area (Å²) in [6.45, 7) is 4.38. The summed E-state index contributed by atoms with van der Waals surface area (Å²) in [7, 11) is 3.60. The van der Waals surface area contributed by atoms with Crippen LogP contribution in [0.5, 0.6) is 5.75 Å². The van der Waals surface area contributed by atoms with Crippen LogP contribution >= 0.6 is 12.4 Å². The number of morpholine rings is 1. The molecular weight excluding hydrogens is 392 g/mol. The van der Waals surface area contributed by atoms with Crippen LogP contribution in [0, 0.1) is 6.92 Å². The lowest BCUT2D eigenvalue weighted by Gasteiger charge is -2.27. The first-order chi connectivity index (χ1) is 13.6. The van der Waals surface area contributed by atoms with E-state index in [9.17, 15) is 4.79 Å². The Morgan fingerprint density at radius 3 is 2.69 bits per heavy atom. The van der Waals surface area contributed by atoms with E-state index in [-0.39, 0.29) is 18.3 Å². The summed E-state index contributed by atoms with van der Waals surface area (Å²) in [5.74, 6) is 1.53. The van der Waals surface area contributed by atoms with Gasteiger partial charge < -0.3 is 24.3 Å². The van der Waals surface area contributed by atoms with Gasteiger partial charge in [0.2, 0.25) is 0 Å². The Morgan fingerprint density at radius 1 is 1.24 bits per heavy atom. The summed E-state index contributed by atoms with van der Waals surface area (Å²) >= 11 is 0. The molecule has 3 aromatic rings. The van der Waals surface area contributed by atoms with Gasteiger partial charge >= 0.3 is 0 Å². The maximum absolute atomic E-state index is 13.0. The minimum Gasteiger partial charge on any atom is -0.497 e. The average Bonchev–Trinajstić information content (AvgIpc) is 3.12. The molecule has 154 valence electrons. The molecule has 3 heterocycles. The summed E-state index contributed by atoms with van der Waals surface area (Å²) < 4.78 is 12.6. The summed E-state index contributed by atoms with van der Waals surface area (Å²) in [5, 5.41) is 4.31. The molecule has 1 aliphatic rings. The van der Waals surface area contributed by atoms with Crippen LogP contribution in [0.1, 0.15) is 15.9 Å². The molecule has 8 heteroatoms. The molecule has 1 fully saturated rings. The molecule has 0 saturated carbocycles. The van der Waals surface area contributed by atoms with Crippen LogP contribution < -0.4 is 10.1 Å². The number of hydrogen-bond donors (Lipinski definition) is 1. The summed E-state index contributed by atoms with van der Waals surface area (Å²) in [5.41, 5.74) is 3.49. The molecule has 4 rings (SSSR count). The van der Waals surface area contributed by atoms with Gasteiger partial charge in [-0.25, -0.2) is 4.98 Å². The Labute approximate surface area is 176 Å². The van der Waals surface area contributed by atoms with Crippen LogP contribution in [0.2, 0.25) is 0 Å². The molecule has 1 aromatic carbocycles. The lowest BCUT2D eigenvalue weighted by atomic mass is 10.1. The molecule has 0 unspecified atom stereocenters. The number of amides is 1. The largest absolute Gasteiger partial charge is 0.497 e. The van der Waals surface area contributed by atoms with E-state index < -0.39 is 0 Å². The predicted octanol–water partition coefficient (Wildman–Crippen LogP) is 3.53. The number of aromatic nitrogens is 2. The smallest absolute Gasteiger partial charge is 0.257 e. The van der Waals surface area contributed by atoms with Crippen molar-refractivity contribution in [2.75, 3.05) is 38.7 Å². The van der Waals surface area contributed by atoms with E-state index in [2.05, 4.69) is 10.3 Å². The monoisotopic (exact) mass is 416 g/mol. The normalized spacial score (nSPS) is 13.8. The number of aryl methyl sites for hydroxylation is 2. The predicted molar refractivity (Wildman–Crippen MR) is 116 cm³/mol. The van der Waals surface area contributed by atoms with Gasteiger partial charge in [-0.3, -0.25) is 4.79 Å². The van der Waals surface area contributed by atoms with Gasteiger partial charge in [-0.1, -0.05) is 0 Å². The maximum Gasteiger partial charge on any atom is 0.257 e. The summed E-state index contributed by atoms with van der Waals surface area (Å²) in [6.07, 6.45) is 3.62. The molecule has 1 amide bonds. The minimum absolute atomic E-state index is 0. The van der Waals surface area contributed by atoms with E-state index in [0.717, 1.165) is 33.7 Å². The Balaban J connectivity index is 0.00000240. The molecule has 29 heavy (non-hydrogen) atoms. The Kier molecular flexibility index (Phi) is 6.30. The third kappa shape index (κ3) is 4.02. The fraction of sp³-hybridized carbons (Fsp3) is 0.333. The second-order valence-electron chi connectivity index (χ2n) is 6.92. The second-order valence-corrected chi connectivity index (χ2v) is 6.92. The second kappa shape index (κ2) is 8.71. The van der Waals surface area contributed by atoms with Crippen LogP contribution in [0.3, 0.4) is 0 Å². The molecule has 1 N–H and O–H groups in total. The van der Waals surface area contributed by atoms with Crippen molar-refractivity contribution in [3.8, 4) is 5.75 Å². The number of hydrogen-bond acceptors (Lipinski definition) is 5. The summed E-state index contributed by atoms with van der Waals surface area (Å²) in [6, 6.07) is 7.84. The van der Waals surface area contributed by atoms with Crippen molar-refractivity contribution >= 4 is 40.7 Å². The van der Waals surface area contributed by atoms with Crippen molar-refractivity contribution in [3.63, 3.8) is 0 Å². The zero-order valence-corrected chi connectivity index (χ0v) is 17.6. The van der Waals surface area contributed by atoms with Crippen molar-refractivity contribution < 1.29 is 14.3 Å². The van der Waals surface area contributed by atoms with Crippen molar-refractivity contribution in [3.05, 3.63) is 47.8 Å². The van der Waals surface area contributed by atoms with Gasteiger partial charge in [0, 0.05) is 43.6 Å². The van der Waals surface area contributed by atoms with Crippen LogP contribution in [-0.2, 0) is 11.8 Å². The topological polar surface area (TPSA) is 68.6 Å². The summed E-state index contributed by atoms with van der Waals surface area (Å²) in [4.78, 5) is 19.4. The Bertz CT molecular complexity index is 1030. The molecular formula is C21H25ClN4O3. The highest BCUT2D eigenvalue weighted by Crippen LogP contribution is 2.30. The number of ether oxygens (including phenoxy) is 2. The first kappa shape index (κ1) is 21.0. The number of rotatable bonds is 4. The molecule has 0 radical (unpaired) electrons. The molecule has 0 bridgehead atoms. The molecule has 0 spiro atoms. The number of carbonyl (C=O) groups excluding carboxylic acids is 1. The third-order valence-corrected chi connectivity index (χ3v) is 5.12. The standard InChI is InChI=1S/C21H24N4O3.ClH/c1-14-12-15(27-3)4-5-18(14)23-20-16-6-7-24(2)19(16)17(13-22-20)21(26)25-8-10-28-11-9-25;/h4-7,12-13H,8-11H2,1-3H3,(H,22,23);1H. The number of pyridine rings is 1. The quantitative estimate of drug-likeness (QED) is 0.704. The van der Waals surface area contributed by atoms with Crippen LogP contribution in [0.25, 0.3) is 10.9 Å². The van der Waals surface area contributed by atoms with Gasteiger partial charge in [0.05, 0.1) is 31.4 Å². The molecule has 1 aliphatic heterocycles. The van der Waals surface area contributed by atoms with Gasteiger partial charge in [-0.05, 0) is 36.8 Å². The van der Waals surface area contributed by atoms with Gasteiger partial charge in [-0.2, -0.15) is 0 Å². The number of nitrogens with one attached hydrogen (secondary N) is 1. The molecule has 0 aliphatic carbocycles. The van der Waals surface area contributed by atoms with Crippen molar-refractivity contribution in [2.45, 2.75) is 6.92 Å². The van der Waals surface area contributed by atoms with Crippen molar-refractivity contribution in [1.82, 2.24) is 14.5 Å². The van der Waals surface area contributed by atoms with E-state index in [0.29, 0.717) is 31.9 Å². The number of benzene rings is 1. The van der Waals surface area contributed by atoms with E-state index in [4.69, 9.17) is 9.47 Å². The van der Waals surface area contributed by atoms with Gasteiger partial charge in [0.1, 0.15) is 11.6 Å². The number of carbonyl (C=O) groups is 1. The fourth-order valence-corrected chi connectivity index (χ4v) is 3.54. The molecule has 1 saturated heterocycles. The van der Waals surface area contributed by atoms with Gasteiger partial charge in [-0.15, -0.1) is 12.4 Å². The third-order valence-electron chi connectivity index (χ3n) is 5.12. The van der Waals surface area contributed by atoms with E-state index >= 15 is 0 Å². The van der Waals surface area contributed by atoms with Crippen molar-refractivity contribution in [1.29, 1.82) is 0 Å². The van der Waals surface area contributed by atoms with E-state index in [1.54, 1.807) is 13.3 Å².